The number of amides is 1. The van der Waals surface area contributed by atoms with E-state index >= 15 is 0 Å². The molecule has 0 fully saturated rings. The molecule has 4 rings (SSSR count). The van der Waals surface area contributed by atoms with E-state index in [0.717, 1.165) is 22.5 Å². The van der Waals surface area contributed by atoms with Gasteiger partial charge >= 0.3 is 0 Å². The van der Waals surface area contributed by atoms with Crippen LogP contribution in [0.4, 0.5) is 0 Å². The van der Waals surface area contributed by atoms with Crippen LogP contribution in [0.25, 0.3) is 16.7 Å². The van der Waals surface area contributed by atoms with Gasteiger partial charge in [-0.1, -0.05) is 12.1 Å². The zero-order valence-electron chi connectivity index (χ0n) is 14.0. The molecule has 0 saturated heterocycles. The quantitative estimate of drug-likeness (QED) is 0.572. The number of carbonyl (C=O) groups excluding carboxylic acids is 1. The topological polar surface area (TPSA) is 76.5 Å². The van der Waals surface area contributed by atoms with Crippen LogP contribution in [0.15, 0.2) is 47.4 Å². The Hall–Kier alpha value is -3.22. The summed E-state index contributed by atoms with van der Waals surface area (Å²) in [6, 6.07) is 9.62. The third-order valence-electron chi connectivity index (χ3n) is 4.30. The van der Waals surface area contributed by atoms with Gasteiger partial charge in [0, 0.05) is 26.0 Å². The van der Waals surface area contributed by atoms with Gasteiger partial charge in [-0.3, -0.25) is 4.79 Å². The van der Waals surface area contributed by atoms with Gasteiger partial charge in [0.1, 0.15) is 16.7 Å². The Morgan fingerprint density at radius 3 is 2.96 bits per heavy atom. The van der Waals surface area contributed by atoms with Crippen molar-refractivity contribution in [2.24, 2.45) is 0 Å². The number of rotatable bonds is 4. The second-order valence-electron chi connectivity index (χ2n) is 6.15. The molecule has 0 radical (unpaired) electrons. The summed E-state index contributed by atoms with van der Waals surface area (Å²) in [4.78, 5) is 18.7. The lowest BCUT2D eigenvalue weighted by Gasteiger charge is -2.17. The zero-order chi connectivity index (χ0) is 17.4. The van der Waals surface area contributed by atoms with E-state index in [1.165, 1.54) is 0 Å². The first-order valence-electron chi connectivity index (χ1n) is 7.98. The summed E-state index contributed by atoms with van der Waals surface area (Å²) < 4.78 is 6.67. The molecular formula is C18H17N5O2. The van der Waals surface area contributed by atoms with Crippen molar-refractivity contribution in [1.29, 1.82) is 0 Å². The summed E-state index contributed by atoms with van der Waals surface area (Å²) >= 11 is 0. The minimum atomic E-state index is 0.0293. The highest BCUT2D eigenvalue weighted by Crippen LogP contribution is 2.15. The van der Waals surface area contributed by atoms with E-state index in [1.54, 1.807) is 18.1 Å². The van der Waals surface area contributed by atoms with Crippen LogP contribution in [0.1, 0.15) is 16.8 Å². The normalized spacial score (nSPS) is 11.3. The van der Waals surface area contributed by atoms with Crippen molar-refractivity contribution in [2.45, 2.75) is 19.9 Å². The van der Waals surface area contributed by atoms with Gasteiger partial charge in [0.15, 0.2) is 0 Å². The summed E-state index contributed by atoms with van der Waals surface area (Å²) in [6.07, 6.45) is 4.00. The first kappa shape index (κ1) is 15.3. The monoisotopic (exact) mass is 335 g/mol. The number of carbonyl (C=O) groups is 1. The maximum atomic E-state index is 12.6. The fourth-order valence-electron chi connectivity index (χ4n) is 2.91. The lowest BCUT2D eigenvalue weighted by atomic mass is 10.2. The van der Waals surface area contributed by atoms with Crippen LogP contribution in [0.3, 0.4) is 0 Å². The number of likely N-dealkylation sites (N-methyl/N-ethyl adjacent to an activating group) is 1. The molecule has 0 aliphatic carbocycles. The molecule has 3 aromatic heterocycles. The van der Waals surface area contributed by atoms with Crippen molar-refractivity contribution in [3.05, 3.63) is 59.5 Å². The van der Waals surface area contributed by atoms with E-state index < -0.39 is 0 Å². The van der Waals surface area contributed by atoms with Gasteiger partial charge in [0.25, 0.3) is 0 Å². The van der Waals surface area contributed by atoms with Crippen molar-refractivity contribution in [3.8, 4) is 0 Å². The highest BCUT2D eigenvalue weighted by atomic mass is 16.6. The van der Waals surface area contributed by atoms with E-state index in [1.807, 2.05) is 47.9 Å². The van der Waals surface area contributed by atoms with Gasteiger partial charge < -0.3 is 9.30 Å². The number of nitrogens with zero attached hydrogens (tertiary/aromatic N) is 5. The average molecular weight is 335 g/mol. The van der Waals surface area contributed by atoms with E-state index in [9.17, 15) is 4.79 Å². The van der Waals surface area contributed by atoms with Crippen LogP contribution in [-0.2, 0) is 17.8 Å². The van der Waals surface area contributed by atoms with Gasteiger partial charge in [0.2, 0.25) is 5.91 Å². The van der Waals surface area contributed by atoms with Crippen LogP contribution in [0.5, 0.6) is 0 Å². The zero-order valence-corrected chi connectivity index (χ0v) is 14.0. The fourth-order valence-corrected chi connectivity index (χ4v) is 2.91. The number of hydrogen-bond donors (Lipinski definition) is 0. The molecular weight excluding hydrogens is 318 g/mol. The number of aryl methyl sites for hydroxylation is 1. The first-order valence-corrected chi connectivity index (χ1v) is 7.98. The maximum absolute atomic E-state index is 12.6. The Labute approximate surface area is 143 Å². The summed E-state index contributed by atoms with van der Waals surface area (Å²) in [5.41, 5.74) is 5.23. The second-order valence-corrected chi connectivity index (χ2v) is 6.15. The molecule has 1 amide bonds. The number of hydrogen-bond acceptors (Lipinski definition) is 5. The lowest BCUT2D eigenvalue weighted by Crippen LogP contribution is -2.28. The SMILES string of the molecule is Cc1cccn2c(CC(=O)N(C)Cc3ccc4nonc4c3)cnc12. The molecule has 0 unspecified atom stereocenters. The summed E-state index contributed by atoms with van der Waals surface area (Å²) in [5.74, 6) is 0.0293. The summed E-state index contributed by atoms with van der Waals surface area (Å²) in [6.45, 7) is 2.51. The molecule has 0 spiro atoms. The highest BCUT2D eigenvalue weighted by Gasteiger charge is 2.14. The molecule has 25 heavy (non-hydrogen) atoms. The minimum Gasteiger partial charge on any atom is -0.341 e. The summed E-state index contributed by atoms with van der Waals surface area (Å²) in [7, 11) is 1.79. The van der Waals surface area contributed by atoms with Crippen molar-refractivity contribution >= 4 is 22.6 Å². The van der Waals surface area contributed by atoms with Crippen LogP contribution in [-0.4, -0.2) is 37.6 Å². The maximum Gasteiger partial charge on any atom is 0.228 e. The molecule has 0 atom stereocenters. The van der Waals surface area contributed by atoms with Gasteiger partial charge in [-0.05, 0) is 46.6 Å². The Morgan fingerprint density at radius 2 is 2.08 bits per heavy atom. The Bertz CT molecular complexity index is 1070. The molecule has 0 N–H and O–H groups in total. The fraction of sp³-hybridized carbons (Fsp3) is 0.222. The lowest BCUT2D eigenvalue weighted by molar-refractivity contribution is -0.129. The molecule has 1 aromatic carbocycles. The Kier molecular flexibility index (Phi) is 3.68. The molecule has 7 heteroatoms. The molecule has 0 aliphatic rings. The number of benzene rings is 1. The van der Waals surface area contributed by atoms with Crippen LogP contribution >= 0.6 is 0 Å². The molecule has 7 nitrogen and oxygen atoms in total. The third-order valence-corrected chi connectivity index (χ3v) is 4.30. The van der Waals surface area contributed by atoms with E-state index in [4.69, 9.17) is 4.63 Å². The largest absolute Gasteiger partial charge is 0.341 e. The number of pyridine rings is 1. The predicted molar refractivity (Wildman–Crippen MR) is 91.9 cm³/mol. The van der Waals surface area contributed by atoms with Crippen LogP contribution in [0, 0.1) is 6.92 Å². The minimum absolute atomic E-state index is 0.0293. The Morgan fingerprint density at radius 1 is 1.24 bits per heavy atom. The molecule has 4 aromatic rings. The van der Waals surface area contributed by atoms with Gasteiger partial charge in [-0.15, -0.1) is 0 Å². The second kappa shape index (κ2) is 6.01. The van der Waals surface area contributed by atoms with Crippen LogP contribution in [0.2, 0.25) is 0 Å². The summed E-state index contributed by atoms with van der Waals surface area (Å²) in [5, 5.41) is 7.62. The number of fused-ring (bicyclic) bond motifs is 2. The molecule has 126 valence electrons. The number of aromatic nitrogens is 4. The van der Waals surface area contributed by atoms with E-state index in [0.29, 0.717) is 24.0 Å². The third kappa shape index (κ3) is 2.84. The number of imidazole rings is 1. The predicted octanol–water partition coefficient (Wildman–Crippen LogP) is 2.38. The molecule has 0 bridgehead atoms. The molecule has 3 heterocycles. The van der Waals surface area contributed by atoms with Crippen LogP contribution < -0.4 is 0 Å². The average Bonchev–Trinajstić information content (AvgIpc) is 3.22. The Balaban J connectivity index is 1.50. The smallest absolute Gasteiger partial charge is 0.228 e. The van der Waals surface area contributed by atoms with Crippen molar-refractivity contribution in [3.63, 3.8) is 0 Å². The van der Waals surface area contributed by atoms with Crippen molar-refractivity contribution in [2.75, 3.05) is 7.05 Å². The molecule has 0 aliphatic heterocycles. The van der Waals surface area contributed by atoms with Crippen molar-refractivity contribution < 1.29 is 9.42 Å². The van der Waals surface area contributed by atoms with Gasteiger partial charge in [-0.25, -0.2) is 9.61 Å². The van der Waals surface area contributed by atoms with Gasteiger partial charge in [-0.2, -0.15) is 0 Å². The van der Waals surface area contributed by atoms with Crippen molar-refractivity contribution in [1.82, 2.24) is 24.6 Å². The molecule has 0 saturated carbocycles. The van der Waals surface area contributed by atoms with E-state index in [2.05, 4.69) is 15.3 Å². The highest BCUT2D eigenvalue weighted by molar-refractivity contribution is 5.79. The van der Waals surface area contributed by atoms with E-state index in [-0.39, 0.29) is 5.91 Å². The standard InChI is InChI=1S/C18H17N5O2/c1-12-4-3-7-23-14(10-19-18(12)23)9-17(24)22(2)11-13-5-6-15-16(8-13)21-25-20-15/h3-8,10H,9,11H2,1-2H3. The first-order chi connectivity index (χ1) is 12.1. The van der Waals surface area contributed by atoms with Gasteiger partial charge in [0.05, 0.1) is 12.1 Å².